The molecule has 10 rings (SSSR count). The van der Waals surface area contributed by atoms with Gasteiger partial charge < -0.3 is 14.5 Å². The summed E-state index contributed by atoms with van der Waals surface area (Å²) in [6.07, 6.45) is 0. The highest BCUT2D eigenvalue weighted by atomic mass is 16.5. The van der Waals surface area contributed by atoms with Gasteiger partial charge in [-0.3, -0.25) is 0 Å². The van der Waals surface area contributed by atoms with Crippen molar-refractivity contribution in [2.45, 2.75) is 38.5 Å². The molecule has 0 saturated heterocycles. The standard InChI is InChI=1S/C48H38N2O/c1-47(2)37-19-10-8-18-35(37)36-27-25-32(29-39(36)47)49(41-21-11-9-17-34(41)31-15-6-5-7-16-31)33-26-28-42-40(30-33)48(3,4)38-20-14-24-45-46(38)50(42)43-22-12-13-23-44(43)51-45/h5-30H,1-4H3. The van der Waals surface area contributed by atoms with Crippen LogP contribution in [0.2, 0.25) is 0 Å². The molecule has 0 saturated carbocycles. The molecule has 0 aromatic heterocycles. The molecule has 7 aromatic carbocycles. The summed E-state index contributed by atoms with van der Waals surface area (Å²) in [5.41, 5.74) is 16.7. The number of anilines is 6. The third-order valence-electron chi connectivity index (χ3n) is 11.4. The predicted octanol–water partition coefficient (Wildman–Crippen LogP) is 13.3. The lowest BCUT2D eigenvalue weighted by molar-refractivity contribution is 0.471. The molecule has 0 N–H and O–H groups in total. The Morgan fingerprint density at radius 2 is 1.06 bits per heavy atom. The number of nitrogens with zero attached hydrogens (tertiary/aromatic N) is 2. The number of ether oxygens (including phenoxy) is 1. The minimum absolute atomic E-state index is 0.116. The van der Waals surface area contributed by atoms with E-state index in [4.69, 9.17) is 4.74 Å². The first-order chi connectivity index (χ1) is 24.8. The molecule has 1 aliphatic carbocycles. The molecule has 0 radical (unpaired) electrons. The van der Waals surface area contributed by atoms with Gasteiger partial charge >= 0.3 is 0 Å². The van der Waals surface area contributed by atoms with Crippen molar-refractivity contribution in [3.05, 3.63) is 180 Å². The van der Waals surface area contributed by atoms with Gasteiger partial charge in [0.25, 0.3) is 0 Å². The van der Waals surface area contributed by atoms with Crippen LogP contribution in [0, 0.1) is 0 Å². The molecule has 2 aliphatic heterocycles. The quantitative estimate of drug-likeness (QED) is 0.187. The zero-order valence-electron chi connectivity index (χ0n) is 29.3. The van der Waals surface area contributed by atoms with Crippen molar-refractivity contribution in [2.24, 2.45) is 0 Å². The van der Waals surface area contributed by atoms with E-state index in [1.807, 2.05) is 6.07 Å². The van der Waals surface area contributed by atoms with Gasteiger partial charge in [0.05, 0.1) is 22.7 Å². The van der Waals surface area contributed by atoms with Gasteiger partial charge in [-0.2, -0.15) is 0 Å². The number of rotatable bonds is 4. The number of hydrogen-bond acceptors (Lipinski definition) is 3. The van der Waals surface area contributed by atoms with Gasteiger partial charge in [0.15, 0.2) is 11.5 Å². The van der Waals surface area contributed by atoms with Crippen LogP contribution in [-0.4, -0.2) is 0 Å². The summed E-state index contributed by atoms with van der Waals surface area (Å²) in [7, 11) is 0. The van der Waals surface area contributed by atoms with E-state index in [2.05, 4.69) is 189 Å². The summed E-state index contributed by atoms with van der Waals surface area (Å²) in [5.74, 6) is 1.77. The fraction of sp³-hybridized carbons (Fsp3) is 0.125. The van der Waals surface area contributed by atoms with Gasteiger partial charge in [-0.15, -0.1) is 0 Å². The molecule has 7 aromatic rings. The Hall–Kier alpha value is -6.06. The Morgan fingerprint density at radius 3 is 1.90 bits per heavy atom. The van der Waals surface area contributed by atoms with E-state index in [0.29, 0.717) is 0 Å². The van der Waals surface area contributed by atoms with Crippen LogP contribution >= 0.6 is 0 Å². The van der Waals surface area contributed by atoms with Crippen molar-refractivity contribution in [3.8, 4) is 33.8 Å². The van der Waals surface area contributed by atoms with Crippen LogP contribution in [0.4, 0.5) is 34.1 Å². The smallest absolute Gasteiger partial charge is 0.151 e. The van der Waals surface area contributed by atoms with Crippen molar-refractivity contribution < 1.29 is 4.74 Å². The van der Waals surface area contributed by atoms with Crippen LogP contribution in [0.25, 0.3) is 22.3 Å². The Labute approximate surface area is 300 Å². The lowest BCUT2D eigenvalue weighted by atomic mass is 9.73. The minimum atomic E-state index is -0.283. The van der Waals surface area contributed by atoms with Crippen LogP contribution in [0.15, 0.2) is 158 Å². The van der Waals surface area contributed by atoms with E-state index < -0.39 is 0 Å². The largest absolute Gasteiger partial charge is 0.453 e. The maximum Gasteiger partial charge on any atom is 0.151 e. The highest BCUT2D eigenvalue weighted by Crippen LogP contribution is 2.60. The van der Waals surface area contributed by atoms with E-state index in [9.17, 15) is 0 Å². The first-order valence-electron chi connectivity index (χ1n) is 17.9. The van der Waals surface area contributed by atoms with Crippen LogP contribution < -0.4 is 14.5 Å². The monoisotopic (exact) mass is 658 g/mol. The van der Waals surface area contributed by atoms with Crippen molar-refractivity contribution in [1.29, 1.82) is 0 Å². The first-order valence-corrected chi connectivity index (χ1v) is 17.9. The molecule has 0 fully saturated rings. The fourth-order valence-electron chi connectivity index (χ4n) is 8.85. The molecule has 246 valence electrons. The average Bonchev–Trinajstić information content (AvgIpc) is 3.39. The topological polar surface area (TPSA) is 15.7 Å². The Kier molecular flexibility index (Phi) is 6.27. The van der Waals surface area contributed by atoms with Crippen LogP contribution in [0.1, 0.15) is 49.9 Å². The summed E-state index contributed by atoms with van der Waals surface area (Å²) in [6.45, 7) is 9.41. The highest BCUT2D eigenvalue weighted by Gasteiger charge is 2.42. The lowest BCUT2D eigenvalue weighted by Gasteiger charge is -2.45. The highest BCUT2D eigenvalue weighted by molar-refractivity contribution is 5.96. The Morgan fingerprint density at radius 1 is 0.451 bits per heavy atom. The molecule has 2 heterocycles. The normalized spacial score (nSPS) is 15.1. The number of fused-ring (bicyclic) bond motifs is 7. The summed E-state index contributed by atoms with van der Waals surface area (Å²) in [5, 5.41) is 0. The van der Waals surface area contributed by atoms with E-state index in [1.54, 1.807) is 0 Å². The third-order valence-corrected chi connectivity index (χ3v) is 11.4. The van der Waals surface area contributed by atoms with Crippen molar-refractivity contribution >= 4 is 34.1 Å². The molecular weight excluding hydrogens is 621 g/mol. The van der Waals surface area contributed by atoms with Crippen molar-refractivity contribution in [2.75, 3.05) is 9.80 Å². The second-order valence-electron chi connectivity index (χ2n) is 15.0. The summed E-state index contributed by atoms with van der Waals surface area (Å²) < 4.78 is 6.49. The average molecular weight is 659 g/mol. The number of para-hydroxylation sites is 4. The molecule has 0 amide bonds. The van der Waals surface area contributed by atoms with Gasteiger partial charge in [0.2, 0.25) is 0 Å². The van der Waals surface area contributed by atoms with Gasteiger partial charge in [-0.05, 0) is 93.5 Å². The van der Waals surface area contributed by atoms with E-state index in [-0.39, 0.29) is 10.8 Å². The summed E-state index contributed by atoms with van der Waals surface area (Å²) >= 11 is 0. The molecule has 3 aliphatic rings. The van der Waals surface area contributed by atoms with Crippen LogP contribution in [-0.2, 0) is 10.8 Å². The second-order valence-corrected chi connectivity index (χ2v) is 15.0. The van der Waals surface area contributed by atoms with Gasteiger partial charge in [-0.1, -0.05) is 131 Å². The maximum atomic E-state index is 6.49. The van der Waals surface area contributed by atoms with E-state index in [0.717, 1.165) is 39.9 Å². The molecule has 3 heteroatoms. The molecule has 0 spiro atoms. The van der Waals surface area contributed by atoms with Crippen LogP contribution in [0.5, 0.6) is 11.5 Å². The molecule has 51 heavy (non-hydrogen) atoms. The number of benzene rings is 7. The van der Waals surface area contributed by atoms with Crippen molar-refractivity contribution in [3.63, 3.8) is 0 Å². The predicted molar refractivity (Wildman–Crippen MR) is 211 cm³/mol. The van der Waals surface area contributed by atoms with Crippen molar-refractivity contribution in [1.82, 2.24) is 0 Å². The summed E-state index contributed by atoms with van der Waals surface area (Å²) in [6, 6.07) is 57.4. The molecule has 0 bridgehead atoms. The fourth-order valence-corrected chi connectivity index (χ4v) is 8.85. The second kappa shape index (κ2) is 10.7. The van der Waals surface area contributed by atoms with E-state index >= 15 is 0 Å². The lowest BCUT2D eigenvalue weighted by Crippen LogP contribution is -2.32. The zero-order valence-corrected chi connectivity index (χ0v) is 29.3. The molecule has 0 atom stereocenters. The van der Waals surface area contributed by atoms with Gasteiger partial charge in [-0.25, -0.2) is 0 Å². The zero-order chi connectivity index (χ0) is 34.5. The molecule has 0 unspecified atom stereocenters. The van der Waals surface area contributed by atoms with E-state index in [1.165, 1.54) is 50.2 Å². The third kappa shape index (κ3) is 4.24. The Bertz CT molecular complexity index is 2530. The summed E-state index contributed by atoms with van der Waals surface area (Å²) in [4.78, 5) is 4.88. The minimum Gasteiger partial charge on any atom is -0.453 e. The maximum absolute atomic E-state index is 6.49. The van der Waals surface area contributed by atoms with Gasteiger partial charge in [0.1, 0.15) is 0 Å². The molecular formula is C48H38N2O. The van der Waals surface area contributed by atoms with Crippen LogP contribution in [0.3, 0.4) is 0 Å². The molecule has 3 nitrogen and oxygen atoms in total. The van der Waals surface area contributed by atoms with Gasteiger partial charge in [0, 0.05) is 27.8 Å². The first kappa shape index (κ1) is 29.8. The Balaban J connectivity index is 1.21. The number of hydrogen-bond donors (Lipinski definition) is 0. The SMILES string of the molecule is CC1(C)c2ccccc2-c2ccc(N(c3ccc4c(c3)C(C)(C)c3cccc5c3N4c3ccccc3O5)c3ccccc3-c3ccccc3)cc21.